The number of carbonyl (C=O) groups excluding carboxylic acids is 2. The van der Waals surface area contributed by atoms with Crippen LogP contribution in [0.1, 0.15) is 41.7 Å². The van der Waals surface area contributed by atoms with Gasteiger partial charge in [-0.05, 0) is 61.7 Å². The molecule has 1 heterocycles. The van der Waals surface area contributed by atoms with E-state index in [1.54, 1.807) is 48.4 Å². The number of nitrogens with zero attached hydrogens (tertiary/aromatic N) is 1. The fraction of sp³-hybridized carbons (Fsp3) is 0.364. The third-order valence-electron chi connectivity index (χ3n) is 5.22. The highest BCUT2D eigenvalue weighted by atomic mass is 19.1. The van der Waals surface area contributed by atoms with Gasteiger partial charge in [0.25, 0.3) is 5.91 Å². The van der Waals surface area contributed by atoms with E-state index in [4.69, 9.17) is 4.74 Å². The molecule has 0 unspecified atom stereocenters. The van der Waals surface area contributed by atoms with E-state index in [1.807, 2.05) is 6.92 Å². The predicted molar refractivity (Wildman–Crippen MR) is 105 cm³/mol. The third kappa shape index (κ3) is 4.68. The lowest BCUT2D eigenvalue weighted by molar-refractivity contribution is -0.126. The number of rotatable bonds is 5. The minimum Gasteiger partial charge on any atom is -0.497 e. The fourth-order valence-electron chi connectivity index (χ4n) is 3.43. The van der Waals surface area contributed by atoms with Gasteiger partial charge in [-0.3, -0.25) is 9.59 Å². The molecule has 3 rings (SSSR count). The summed E-state index contributed by atoms with van der Waals surface area (Å²) in [6.45, 7) is 2.98. The average Bonchev–Trinajstić information content (AvgIpc) is 2.73. The van der Waals surface area contributed by atoms with Gasteiger partial charge in [0.1, 0.15) is 11.6 Å². The molecule has 148 valence electrons. The lowest BCUT2D eigenvalue weighted by atomic mass is 9.94. The van der Waals surface area contributed by atoms with Gasteiger partial charge in [0.05, 0.1) is 13.2 Å². The maximum Gasteiger partial charge on any atom is 0.253 e. The van der Waals surface area contributed by atoms with E-state index in [9.17, 15) is 14.0 Å². The number of piperidine rings is 1. The molecule has 0 bridgehead atoms. The van der Waals surface area contributed by atoms with E-state index in [2.05, 4.69) is 5.32 Å². The standard InChI is InChI=1S/C22H25FN2O3/c1-15(16-3-7-19(23)8-4-16)24-21(26)17-11-13-25(14-12-17)22(27)18-5-9-20(28-2)10-6-18/h3-10,15,17H,11-14H2,1-2H3,(H,24,26)/t15-/m1/s1. The van der Waals surface area contributed by atoms with Crippen LogP contribution in [0.4, 0.5) is 4.39 Å². The molecule has 1 aliphatic heterocycles. The Morgan fingerprint density at radius 2 is 1.68 bits per heavy atom. The molecule has 5 nitrogen and oxygen atoms in total. The summed E-state index contributed by atoms with van der Waals surface area (Å²) in [5.41, 5.74) is 1.48. The zero-order chi connectivity index (χ0) is 20.1. The summed E-state index contributed by atoms with van der Waals surface area (Å²) < 4.78 is 18.2. The second-order valence-electron chi connectivity index (χ2n) is 7.08. The second-order valence-corrected chi connectivity index (χ2v) is 7.08. The van der Waals surface area contributed by atoms with Crippen LogP contribution in [0.3, 0.4) is 0 Å². The molecule has 1 atom stereocenters. The zero-order valence-corrected chi connectivity index (χ0v) is 16.2. The zero-order valence-electron chi connectivity index (χ0n) is 16.2. The van der Waals surface area contributed by atoms with Crippen LogP contribution in [0.5, 0.6) is 5.75 Å². The average molecular weight is 384 g/mol. The normalized spacial score (nSPS) is 15.8. The molecular weight excluding hydrogens is 359 g/mol. The molecule has 0 saturated carbocycles. The second kappa shape index (κ2) is 8.87. The van der Waals surface area contributed by atoms with Crippen LogP contribution in [0.2, 0.25) is 0 Å². The quantitative estimate of drug-likeness (QED) is 0.858. The van der Waals surface area contributed by atoms with Gasteiger partial charge in [-0.1, -0.05) is 12.1 Å². The Bertz CT molecular complexity index is 813. The molecule has 1 saturated heterocycles. The van der Waals surface area contributed by atoms with Gasteiger partial charge in [0, 0.05) is 24.6 Å². The number of halogens is 1. The Morgan fingerprint density at radius 1 is 1.07 bits per heavy atom. The lowest BCUT2D eigenvalue weighted by Gasteiger charge is -2.32. The Hall–Kier alpha value is -2.89. The smallest absolute Gasteiger partial charge is 0.253 e. The van der Waals surface area contributed by atoms with Crippen molar-refractivity contribution in [2.45, 2.75) is 25.8 Å². The molecule has 1 aliphatic rings. The van der Waals surface area contributed by atoms with Crippen molar-refractivity contribution in [2.75, 3.05) is 20.2 Å². The number of benzene rings is 2. The third-order valence-corrected chi connectivity index (χ3v) is 5.22. The van der Waals surface area contributed by atoms with E-state index in [1.165, 1.54) is 12.1 Å². The summed E-state index contributed by atoms with van der Waals surface area (Å²) in [5.74, 6) is 0.246. The van der Waals surface area contributed by atoms with Crippen molar-refractivity contribution < 1.29 is 18.7 Å². The van der Waals surface area contributed by atoms with E-state index in [-0.39, 0.29) is 29.6 Å². The first-order valence-electron chi connectivity index (χ1n) is 9.47. The molecule has 2 amide bonds. The summed E-state index contributed by atoms with van der Waals surface area (Å²) in [4.78, 5) is 27.0. The van der Waals surface area contributed by atoms with Crippen LogP contribution in [0.25, 0.3) is 0 Å². The van der Waals surface area contributed by atoms with Gasteiger partial charge in [0.15, 0.2) is 0 Å². The number of amides is 2. The first kappa shape index (κ1) is 19.9. The SMILES string of the molecule is COc1ccc(C(=O)N2CCC(C(=O)N[C@H](C)c3ccc(F)cc3)CC2)cc1. The maximum absolute atomic E-state index is 13.0. The Kier molecular flexibility index (Phi) is 6.29. The van der Waals surface area contributed by atoms with Gasteiger partial charge < -0.3 is 15.0 Å². The lowest BCUT2D eigenvalue weighted by Crippen LogP contribution is -2.43. The van der Waals surface area contributed by atoms with Gasteiger partial charge >= 0.3 is 0 Å². The molecule has 0 spiro atoms. The van der Waals surface area contributed by atoms with Crippen LogP contribution in [0.15, 0.2) is 48.5 Å². The fourth-order valence-corrected chi connectivity index (χ4v) is 3.43. The van der Waals surface area contributed by atoms with Crippen LogP contribution in [-0.2, 0) is 4.79 Å². The molecule has 0 aromatic heterocycles. The topological polar surface area (TPSA) is 58.6 Å². The van der Waals surface area contributed by atoms with Crippen molar-refractivity contribution in [1.29, 1.82) is 0 Å². The van der Waals surface area contributed by atoms with E-state index in [0.29, 0.717) is 37.2 Å². The molecule has 28 heavy (non-hydrogen) atoms. The van der Waals surface area contributed by atoms with Gasteiger partial charge in [-0.25, -0.2) is 4.39 Å². The summed E-state index contributed by atoms with van der Waals surface area (Å²) >= 11 is 0. The maximum atomic E-state index is 13.0. The van der Waals surface area contributed by atoms with Crippen molar-refractivity contribution in [3.8, 4) is 5.75 Å². The van der Waals surface area contributed by atoms with E-state index in [0.717, 1.165) is 5.56 Å². The van der Waals surface area contributed by atoms with Gasteiger partial charge in [-0.15, -0.1) is 0 Å². The number of hydrogen-bond acceptors (Lipinski definition) is 3. The van der Waals surface area contributed by atoms with Crippen molar-refractivity contribution in [3.63, 3.8) is 0 Å². The largest absolute Gasteiger partial charge is 0.497 e. The summed E-state index contributed by atoms with van der Waals surface area (Å²) in [6.07, 6.45) is 1.26. The van der Waals surface area contributed by atoms with Crippen LogP contribution in [0, 0.1) is 11.7 Å². The van der Waals surface area contributed by atoms with Crippen molar-refractivity contribution in [3.05, 3.63) is 65.5 Å². The summed E-state index contributed by atoms with van der Waals surface area (Å²) in [7, 11) is 1.59. The summed E-state index contributed by atoms with van der Waals surface area (Å²) in [5, 5.41) is 3.00. The molecule has 1 fully saturated rings. The van der Waals surface area contributed by atoms with E-state index >= 15 is 0 Å². The Labute approximate surface area is 164 Å². The molecule has 0 aliphatic carbocycles. The van der Waals surface area contributed by atoms with Crippen LogP contribution in [-0.4, -0.2) is 36.9 Å². The Balaban J connectivity index is 1.51. The Morgan fingerprint density at radius 3 is 2.25 bits per heavy atom. The van der Waals surface area contributed by atoms with Gasteiger partial charge in [-0.2, -0.15) is 0 Å². The first-order chi connectivity index (χ1) is 13.5. The number of hydrogen-bond donors (Lipinski definition) is 1. The highest BCUT2D eigenvalue weighted by Gasteiger charge is 2.28. The molecule has 0 radical (unpaired) electrons. The molecule has 2 aromatic rings. The number of ether oxygens (including phenoxy) is 1. The highest BCUT2D eigenvalue weighted by molar-refractivity contribution is 5.94. The van der Waals surface area contributed by atoms with Crippen molar-refractivity contribution in [2.24, 2.45) is 5.92 Å². The van der Waals surface area contributed by atoms with Crippen LogP contribution < -0.4 is 10.1 Å². The number of methoxy groups -OCH3 is 1. The number of carbonyl (C=O) groups is 2. The molecule has 6 heteroatoms. The molecule has 2 aromatic carbocycles. The predicted octanol–water partition coefficient (Wildman–Crippen LogP) is 3.56. The van der Waals surface area contributed by atoms with Crippen LogP contribution >= 0.6 is 0 Å². The molecule has 1 N–H and O–H groups in total. The number of likely N-dealkylation sites (tertiary alicyclic amines) is 1. The van der Waals surface area contributed by atoms with Gasteiger partial charge in [0.2, 0.25) is 5.91 Å². The first-order valence-corrected chi connectivity index (χ1v) is 9.47. The monoisotopic (exact) mass is 384 g/mol. The van der Waals surface area contributed by atoms with Crippen molar-refractivity contribution in [1.82, 2.24) is 10.2 Å². The molecular formula is C22H25FN2O3. The minimum absolute atomic E-state index is 0.0200. The highest BCUT2D eigenvalue weighted by Crippen LogP contribution is 2.22. The summed E-state index contributed by atoms with van der Waals surface area (Å²) in [6, 6.07) is 13.0. The number of nitrogens with one attached hydrogen (secondary N) is 1. The minimum atomic E-state index is -0.295. The van der Waals surface area contributed by atoms with E-state index < -0.39 is 0 Å². The van der Waals surface area contributed by atoms with Crippen molar-refractivity contribution >= 4 is 11.8 Å².